The molecule has 1 N–H and O–H groups in total. The van der Waals surface area contributed by atoms with Crippen molar-refractivity contribution in [1.29, 1.82) is 0 Å². The standard InChI is InChI=1S/C17H16ClNO2/c1-3-17(2,19-14-8-6-13(18)7-9-14)11-10-15(20)16-5-4-12-21-16/h4-9,12,19H,3H2,1-2H3. The van der Waals surface area contributed by atoms with Crippen LogP contribution in [0.15, 0.2) is 47.1 Å². The SMILES string of the molecule is CCC(C)(C#CC(=O)c1ccco1)Nc1ccc(Cl)cc1. The van der Waals surface area contributed by atoms with Gasteiger partial charge < -0.3 is 9.73 Å². The van der Waals surface area contributed by atoms with Crippen LogP contribution in [0.25, 0.3) is 0 Å². The smallest absolute Gasteiger partial charge is 0.271 e. The maximum atomic E-state index is 11.9. The van der Waals surface area contributed by atoms with Gasteiger partial charge in [-0.1, -0.05) is 24.4 Å². The normalized spacial score (nSPS) is 12.9. The average Bonchev–Trinajstić information content (AvgIpc) is 3.02. The second kappa shape index (κ2) is 6.51. The predicted molar refractivity (Wildman–Crippen MR) is 84.6 cm³/mol. The first-order valence-corrected chi connectivity index (χ1v) is 7.05. The van der Waals surface area contributed by atoms with Crippen LogP contribution in [-0.4, -0.2) is 11.3 Å². The molecule has 1 unspecified atom stereocenters. The van der Waals surface area contributed by atoms with Crippen molar-refractivity contribution >= 4 is 23.1 Å². The number of rotatable bonds is 4. The van der Waals surface area contributed by atoms with Crippen LogP contribution >= 0.6 is 11.6 Å². The van der Waals surface area contributed by atoms with Gasteiger partial charge >= 0.3 is 0 Å². The monoisotopic (exact) mass is 301 g/mol. The minimum Gasteiger partial charge on any atom is -0.460 e. The molecule has 0 spiro atoms. The van der Waals surface area contributed by atoms with Gasteiger partial charge in [0.1, 0.15) is 0 Å². The molecule has 0 aliphatic rings. The maximum absolute atomic E-state index is 11.9. The Hall–Kier alpha value is -2.18. The zero-order valence-corrected chi connectivity index (χ0v) is 12.7. The summed E-state index contributed by atoms with van der Waals surface area (Å²) in [5.74, 6) is 5.57. The number of furan rings is 1. The van der Waals surface area contributed by atoms with Crippen LogP contribution in [0, 0.1) is 11.8 Å². The summed E-state index contributed by atoms with van der Waals surface area (Å²) in [6.07, 6.45) is 2.20. The third-order valence-corrected chi connectivity index (χ3v) is 3.42. The molecule has 1 aromatic heterocycles. The van der Waals surface area contributed by atoms with Gasteiger partial charge in [-0.15, -0.1) is 0 Å². The molecule has 0 saturated heterocycles. The van der Waals surface area contributed by atoms with Gasteiger partial charge in [0.25, 0.3) is 5.78 Å². The quantitative estimate of drug-likeness (QED) is 0.517. The van der Waals surface area contributed by atoms with Crippen LogP contribution in [0.5, 0.6) is 0 Å². The fraction of sp³-hybridized carbons (Fsp3) is 0.235. The third-order valence-electron chi connectivity index (χ3n) is 3.17. The lowest BCUT2D eigenvalue weighted by Gasteiger charge is -2.25. The first-order valence-electron chi connectivity index (χ1n) is 6.67. The summed E-state index contributed by atoms with van der Waals surface area (Å²) in [7, 11) is 0. The van der Waals surface area contributed by atoms with Crippen molar-refractivity contribution in [1.82, 2.24) is 0 Å². The molecule has 108 valence electrons. The summed E-state index contributed by atoms with van der Waals surface area (Å²) >= 11 is 5.87. The highest BCUT2D eigenvalue weighted by molar-refractivity contribution is 6.30. The number of anilines is 1. The van der Waals surface area contributed by atoms with Crippen molar-refractivity contribution in [3.05, 3.63) is 53.4 Å². The van der Waals surface area contributed by atoms with Crippen molar-refractivity contribution in [2.45, 2.75) is 25.8 Å². The highest BCUT2D eigenvalue weighted by Crippen LogP contribution is 2.20. The largest absolute Gasteiger partial charge is 0.460 e. The summed E-state index contributed by atoms with van der Waals surface area (Å²) in [5, 5.41) is 4.00. The summed E-state index contributed by atoms with van der Waals surface area (Å²) < 4.78 is 5.04. The zero-order chi connectivity index (χ0) is 15.3. The van der Waals surface area contributed by atoms with Gasteiger partial charge in [-0.25, -0.2) is 0 Å². The molecule has 4 heteroatoms. The van der Waals surface area contributed by atoms with Crippen LogP contribution in [-0.2, 0) is 0 Å². The van der Waals surface area contributed by atoms with E-state index in [1.165, 1.54) is 6.26 Å². The van der Waals surface area contributed by atoms with Crippen molar-refractivity contribution in [3.63, 3.8) is 0 Å². The number of Topliss-reactive ketones (excluding diaryl/α,β-unsaturated/α-hetero) is 1. The summed E-state index contributed by atoms with van der Waals surface area (Å²) in [5.41, 5.74) is 0.402. The van der Waals surface area contributed by atoms with Crippen molar-refractivity contribution < 1.29 is 9.21 Å². The van der Waals surface area contributed by atoms with E-state index in [4.69, 9.17) is 16.0 Å². The Morgan fingerprint density at radius 1 is 1.33 bits per heavy atom. The minimum atomic E-state index is -0.504. The molecule has 0 amide bonds. The number of carbonyl (C=O) groups excluding carboxylic acids is 1. The number of hydrogen-bond donors (Lipinski definition) is 1. The van der Waals surface area contributed by atoms with Crippen LogP contribution in [0.3, 0.4) is 0 Å². The Morgan fingerprint density at radius 2 is 2.05 bits per heavy atom. The van der Waals surface area contributed by atoms with E-state index in [0.717, 1.165) is 12.1 Å². The molecule has 2 rings (SSSR count). The Bertz CT molecular complexity index is 665. The highest BCUT2D eigenvalue weighted by Gasteiger charge is 2.19. The van der Waals surface area contributed by atoms with Gasteiger partial charge in [0, 0.05) is 10.7 Å². The topological polar surface area (TPSA) is 42.2 Å². The highest BCUT2D eigenvalue weighted by atomic mass is 35.5. The van der Waals surface area contributed by atoms with Crippen LogP contribution < -0.4 is 5.32 Å². The Labute approximate surface area is 129 Å². The van der Waals surface area contributed by atoms with Gasteiger partial charge in [-0.2, -0.15) is 0 Å². The average molecular weight is 302 g/mol. The maximum Gasteiger partial charge on any atom is 0.271 e. The van der Waals surface area contributed by atoms with E-state index in [-0.39, 0.29) is 11.5 Å². The molecule has 0 bridgehead atoms. The minimum absolute atomic E-state index is 0.257. The van der Waals surface area contributed by atoms with Crippen molar-refractivity contribution in [3.8, 4) is 11.8 Å². The molecule has 3 nitrogen and oxygen atoms in total. The molecule has 1 aromatic carbocycles. The van der Waals surface area contributed by atoms with Crippen LogP contribution in [0.4, 0.5) is 5.69 Å². The number of nitrogens with one attached hydrogen (secondary N) is 1. The lowest BCUT2D eigenvalue weighted by Crippen LogP contribution is -2.32. The molecule has 0 aliphatic carbocycles. The van der Waals surface area contributed by atoms with Gasteiger partial charge in [-0.3, -0.25) is 4.79 Å². The molecule has 0 fully saturated rings. The van der Waals surface area contributed by atoms with E-state index in [2.05, 4.69) is 17.2 Å². The molecule has 21 heavy (non-hydrogen) atoms. The number of benzene rings is 1. The Morgan fingerprint density at radius 3 is 2.62 bits per heavy atom. The molecule has 1 atom stereocenters. The van der Waals surface area contributed by atoms with E-state index in [1.807, 2.05) is 26.0 Å². The summed E-state index contributed by atoms with van der Waals surface area (Å²) in [6, 6.07) is 10.6. The number of carbonyl (C=O) groups is 1. The van der Waals surface area contributed by atoms with E-state index < -0.39 is 5.54 Å². The van der Waals surface area contributed by atoms with Crippen LogP contribution in [0.2, 0.25) is 5.02 Å². The molecule has 2 aromatic rings. The second-order valence-electron chi connectivity index (χ2n) is 4.87. The van der Waals surface area contributed by atoms with Crippen molar-refractivity contribution in [2.75, 3.05) is 5.32 Å². The zero-order valence-electron chi connectivity index (χ0n) is 11.9. The van der Waals surface area contributed by atoms with Gasteiger partial charge in [0.05, 0.1) is 11.8 Å². The van der Waals surface area contributed by atoms with E-state index >= 15 is 0 Å². The van der Waals surface area contributed by atoms with Crippen molar-refractivity contribution in [2.24, 2.45) is 0 Å². The molecule has 0 aliphatic heterocycles. The van der Waals surface area contributed by atoms with E-state index in [1.54, 1.807) is 24.3 Å². The molecular weight excluding hydrogens is 286 g/mol. The lowest BCUT2D eigenvalue weighted by atomic mass is 9.98. The molecule has 1 heterocycles. The first-order chi connectivity index (χ1) is 10.0. The Balaban J connectivity index is 2.14. The summed E-state index contributed by atoms with van der Waals surface area (Å²) in [6.45, 7) is 3.96. The Kier molecular flexibility index (Phi) is 4.72. The lowest BCUT2D eigenvalue weighted by molar-refractivity contribution is 0.103. The number of hydrogen-bond acceptors (Lipinski definition) is 3. The van der Waals surface area contributed by atoms with Crippen LogP contribution in [0.1, 0.15) is 30.8 Å². The fourth-order valence-corrected chi connectivity index (χ4v) is 1.85. The molecule has 0 saturated carbocycles. The number of ketones is 1. The van der Waals surface area contributed by atoms with Gasteiger partial charge in [0.15, 0.2) is 5.76 Å². The fourth-order valence-electron chi connectivity index (χ4n) is 1.72. The summed E-state index contributed by atoms with van der Waals surface area (Å²) in [4.78, 5) is 11.9. The predicted octanol–water partition coefficient (Wildman–Crippen LogP) is 4.40. The third kappa shape index (κ3) is 4.14. The molecular formula is C17H16ClNO2. The molecule has 0 radical (unpaired) electrons. The van der Waals surface area contributed by atoms with Gasteiger partial charge in [-0.05, 0) is 55.7 Å². The second-order valence-corrected chi connectivity index (χ2v) is 5.31. The number of halogens is 1. The first kappa shape index (κ1) is 15.2. The van der Waals surface area contributed by atoms with E-state index in [0.29, 0.717) is 5.02 Å². The van der Waals surface area contributed by atoms with Gasteiger partial charge in [0.2, 0.25) is 0 Å². The van der Waals surface area contributed by atoms with E-state index in [9.17, 15) is 4.79 Å².